The molecule has 1 unspecified atom stereocenters. The Morgan fingerprint density at radius 2 is 2.50 bits per heavy atom. The largest absolute Gasteiger partial charge is 0.476 e. The van der Waals surface area contributed by atoms with Gasteiger partial charge in [-0.25, -0.2) is 9.78 Å². The second-order valence-corrected chi connectivity index (χ2v) is 4.05. The lowest BCUT2D eigenvalue weighted by molar-refractivity contribution is 0.0643. The van der Waals surface area contributed by atoms with Crippen LogP contribution >= 0.6 is 11.3 Å². The van der Waals surface area contributed by atoms with Crippen LogP contribution in [0.25, 0.3) is 0 Å². The number of methoxy groups -OCH3 is 1. The predicted molar refractivity (Wildman–Crippen MR) is 58.7 cm³/mol. The number of thiazole rings is 1. The first kappa shape index (κ1) is 13.0. The molecule has 1 aromatic rings. The van der Waals surface area contributed by atoms with Gasteiger partial charge in [0.05, 0.1) is 18.4 Å². The molecule has 1 atom stereocenters. The van der Waals surface area contributed by atoms with E-state index in [1.165, 1.54) is 7.11 Å². The summed E-state index contributed by atoms with van der Waals surface area (Å²) < 4.78 is 4.76. The Morgan fingerprint density at radius 3 is 3.06 bits per heavy atom. The standard InChI is InChI=1S/C9H14N2O4S/c1-15-4-7(12)3-10-2-6-5-16-8(11-6)9(13)14/h5,7,10,12H,2-4H2,1H3,(H,13,14). The third-order valence-corrected chi connectivity index (χ3v) is 2.66. The van der Waals surface area contributed by atoms with Crippen molar-refractivity contribution >= 4 is 17.3 Å². The lowest BCUT2D eigenvalue weighted by atomic mass is 10.3. The number of aliphatic hydroxyl groups excluding tert-OH is 1. The Balaban J connectivity index is 2.29. The zero-order valence-electron chi connectivity index (χ0n) is 8.84. The number of hydrogen-bond donors (Lipinski definition) is 3. The molecule has 6 nitrogen and oxygen atoms in total. The van der Waals surface area contributed by atoms with Crippen molar-refractivity contribution in [2.45, 2.75) is 12.6 Å². The van der Waals surface area contributed by atoms with E-state index in [4.69, 9.17) is 9.84 Å². The number of nitrogens with one attached hydrogen (secondary N) is 1. The van der Waals surface area contributed by atoms with Crippen LogP contribution in [0, 0.1) is 0 Å². The van der Waals surface area contributed by atoms with Crippen molar-refractivity contribution < 1.29 is 19.7 Å². The molecule has 0 fully saturated rings. The summed E-state index contributed by atoms with van der Waals surface area (Å²) in [5, 5.41) is 22.7. The molecule has 90 valence electrons. The summed E-state index contributed by atoms with van der Waals surface area (Å²) >= 11 is 1.09. The monoisotopic (exact) mass is 246 g/mol. The van der Waals surface area contributed by atoms with Crippen LogP contribution in [0.1, 0.15) is 15.5 Å². The molecule has 0 amide bonds. The van der Waals surface area contributed by atoms with Gasteiger partial charge in [-0.1, -0.05) is 0 Å². The summed E-state index contributed by atoms with van der Waals surface area (Å²) in [4.78, 5) is 14.4. The number of carboxylic acids is 1. The molecule has 0 aliphatic carbocycles. The van der Waals surface area contributed by atoms with Crippen molar-refractivity contribution in [2.24, 2.45) is 0 Å². The molecular formula is C9H14N2O4S. The van der Waals surface area contributed by atoms with Crippen LogP contribution in [0.5, 0.6) is 0 Å². The second-order valence-electron chi connectivity index (χ2n) is 3.19. The SMILES string of the molecule is COCC(O)CNCc1csc(C(=O)O)n1. The number of aromatic nitrogens is 1. The molecule has 1 heterocycles. The van der Waals surface area contributed by atoms with Crippen molar-refractivity contribution in [3.63, 3.8) is 0 Å². The minimum absolute atomic E-state index is 0.0780. The van der Waals surface area contributed by atoms with Crippen LogP contribution in [-0.4, -0.2) is 47.5 Å². The summed E-state index contributed by atoms with van der Waals surface area (Å²) in [7, 11) is 1.52. The van der Waals surface area contributed by atoms with Crippen molar-refractivity contribution in [2.75, 3.05) is 20.3 Å². The number of aromatic carboxylic acids is 1. The van der Waals surface area contributed by atoms with E-state index in [0.717, 1.165) is 11.3 Å². The first-order valence-corrected chi connectivity index (χ1v) is 5.57. The highest BCUT2D eigenvalue weighted by atomic mass is 32.1. The van der Waals surface area contributed by atoms with Gasteiger partial charge in [0.15, 0.2) is 0 Å². The van der Waals surface area contributed by atoms with E-state index >= 15 is 0 Å². The molecule has 16 heavy (non-hydrogen) atoms. The molecule has 0 aromatic carbocycles. The molecule has 7 heteroatoms. The fourth-order valence-corrected chi connectivity index (χ4v) is 1.76. The molecule has 0 saturated carbocycles. The molecule has 0 radical (unpaired) electrons. The third kappa shape index (κ3) is 4.23. The zero-order valence-corrected chi connectivity index (χ0v) is 9.66. The van der Waals surface area contributed by atoms with Crippen LogP contribution in [0.2, 0.25) is 0 Å². The summed E-state index contributed by atoms with van der Waals surface area (Å²) in [6.45, 7) is 1.09. The molecule has 0 aliphatic rings. The first-order chi connectivity index (χ1) is 7.63. The summed E-state index contributed by atoms with van der Waals surface area (Å²) in [6.07, 6.45) is -0.567. The Labute approximate surface area is 96.9 Å². The molecule has 0 spiro atoms. The summed E-state index contributed by atoms with van der Waals surface area (Å²) in [5.74, 6) is -1.02. The Bertz CT molecular complexity index is 342. The van der Waals surface area contributed by atoms with E-state index in [2.05, 4.69) is 10.3 Å². The van der Waals surface area contributed by atoms with Gasteiger partial charge in [0.1, 0.15) is 0 Å². The average molecular weight is 246 g/mol. The highest BCUT2D eigenvalue weighted by molar-refractivity contribution is 7.11. The fourth-order valence-electron chi connectivity index (χ4n) is 1.10. The van der Waals surface area contributed by atoms with Gasteiger partial charge in [-0.2, -0.15) is 0 Å². The fraction of sp³-hybridized carbons (Fsp3) is 0.556. The first-order valence-electron chi connectivity index (χ1n) is 4.69. The normalized spacial score (nSPS) is 12.6. The van der Waals surface area contributed by atoms with E-state index in [1.807, 2.05) is 0 Å². The van der Waals surface area contributed by atoms with Gasteiger partial charge in [-0.05, 0) is 0 Å². The minimum Gasteiger partial charge on any atom is -0.476 e. The van der Waals surface area contributed by atoms with Gasteiger partial charge in [0.2, 0.25) is 5.01 Å². The summed E-state index contributed by atoms with van der Waals surface area (Å²) in [5.41, 5.74) is 0.659. The molecular weight excluding hydrogens is 232 g/mol. The minimum atomic E-state index is -1.02. The van der Waals surface area contributed by atoms with Crippen LogP contribution in [0.4, 0.5) is 0 Å². The Kier molecular flexibility index (Phi) is 5.33. The van der Waals surface area contributed by atoms with Crippen LogP contribution < -0.4 is 5.32 Å². The van der Waals surface area contributed by atoms with Gasteiger partial charge < -0.3 is 20.3 Å². The lowest BCUT2D eigenvalue weighted by Crippen LogP contribution is -2.29. The number of nitrogens with zero attached hydrogens (tertiary/aromatic N) is 1. The van der Waals surface area contributed by atoms with Gasteiger partial charge in [-0.3, -0.25) is 0 Å². The van der Waals surface area contributed by atoms with E-state index in [9.17, 15) is 9.90 Å². The summed E-state index contributed by atoms with van der Waals surface area (Å²) in [6, 6.07) is 0. The second kappa shape index (κ2) is 6.54. The number of carboxylic acid groups (broad SMARTS) is 1. The quantitative estimate of drug-likeness (QED) is 0.624. The van der Waals surface area contributed by atoms with Crippen molar-refractivity contribution in [3.8, 4) is 0 Å². The Morgan fingerprint density at radius 1 is 1.75 bits per heavy atom. The number of aliphatic hydroxyl groups is 1. The van der Waals surface area contributed by atoms with Gasteiger partial charge in [0, 0.05) is 25.6 Å². The highest BCUT2D eigenvalue weighted by Gasteiger charge is 2.09. The average Bonchev–Trinajstić information content (AvgIpc) is 2.67. The van der Waals surface area contributed by atoms with Gasteiger partial charge in [0.25, 0.3) is 0 Å². The third-order valence-electron chi connectivity index (χ3n) is 1.78. The number of hydrogen-bond acceptors (Lipinski definition) is 6. The highest BCUT2D eigenvalue weighted by Crippen LogP contribution is 2.09. The van der Waals surface area contributed by atoms with Crippen molar-refractivity contribution in [3.05, 3.63) is 16.1 Å². The predicted octanol–water partition coefficient (Wildman–Crippen LogP) is -0.0618. The molecule has 1 rings (SSSR count). The van der Waals surface area contributed by atoms with Crippen molar-refractivity contribution in [1.29, 1.82) is 0 Å². The van der Waals surface area contributed by atoms with Crippen LogP contribution in [0.15, 0.2) is 5.38 Å². The number of carbonyl (C=O) groups is 1. The molecule has 0 saturated heterocycles. The van der Waals surface area contributed by atoms with Crippen LogP contribution in [-0.2, 0) is 11.3 Å². The molecule has 1 aromatic heterocycles. The van der Waals surface area contributed by atoms with E-state index in [-0.39, 0.29) is 11.6 Å². The maximum Gasteiger partial charge on any atom is 0.365 e. The smallest absolute Gasteiger partial charge is 0.365 e. The maximum atomic E-state index is 10.6. The topological polar surface area (TPSA) is 91.7 Å². The molecule has 3 N–H and O–H groups in total. The van der Waals surface area contributed by atoms with Crippen molar-refractivity contribution in [1.82, 2.24) is 10.3 Å². The van der Waals surface area contributed by atoms with Gasteiger partial charge >= 0.3 is 5.97 Å². The van der Waals surface area contributed by atoms with Gasteiger partial charge in [-0.15, -0.1) is 11.3 Å². The van der Waals surface area contributed by atoms with E-state index < -0.39 is 12.1 Å². The maximum absolute atomic E-state index is 10.6. The Hall–Kier alpha value is -1.02. The zero-order chi connectivity index (χ0) is 12.0. The van der Waals surface area contributed by atoms with Crippen LogP contribution in [0.3, 0.4) is 0 Å². The number of rotatable bonds is 7. The van der Waals surface area contributed by atoms with E-state index in [0.29, 0.717) is 18.8 Å². The molecule has 0 bridgehead atoms. The molecule has 0 aliphatic heterocycles. The number of ether oxygens (including phenoxy) is 1. The lowest BCUT2D eigenvalue weighted by Gasteiger charge is -2.09. The van der Waals surface area contributed by atoms with E-state index in [1.54, 1.807) is 5.38 Å².